The maximum atomic E-state index is 12.3. The third-order valence-corrected chi connectivity index (χ3v) is 3.22. The number of hydrogen-bond donors (Lipinski definition) is 2. The van der Waals surface area contributed by atoms with E-state index < -0.39 is 0 Å². The number of carbonyl (C=O) groups is 1. The van der Waals surface area contributed by atoms with Crippen LogP contribution in [-0.4, -0.2) is 47.6 Å². The molecule has 0 saturated heterocycles. The number of aryl methyl sites for hydroxylation is 1. The van der Waals surface area contributed by atoms with E-state index in [0.29, 0.717) is 31.0 Å². The molecule has 0 atom stereocenters. The molecule has 2 N–H and O–H groups in total. The van der Waals surface area contributed by atoms with Crippen molar-refractivity contribution in [3.8, 4) is 0 Å². The van der Waals surface area contributed by atoms with Gasteiger partial charge in [0.1, 0.15) is 11.4 Å². The molecule has 2 aromatic rings. The average Bonchev–Trinajstić information content (AvgIpc) is 3.03. The lowest BCUT2D eigenvalue weighted by molar-refractivity contribution is 0.0738. The van der Waals surface area contributed by atoms with Crippen LogP contribution >= 0.6 is 0 Å². The van der Waals surface area contributed by atoms with E-state index in [0.717, 1.165) is 12.1 Å². The molecule has 3 heterocycles. The first kappa shape index (κ1) is 11.8. The van der Waals surface area contributed by atoms with Crippen LogP contribution in [0.3, 0.4) is 0 Å². The highest BCUT2D eigenvalue weighted by Gasteiger charge is 2.24. The molecule has 2 aromatic heterocycles. The van der Waals surface area contributed by atoms with Gasteiger partial charge in [-0.25, -0.2) is 4.68 Å². The largest absolute Gasteiger partial charge is 0.390 e. The molecule has 0 saturated carbocycles. The minimum atomic E-state index is -0.165. The van der Waals surface area contributed by atoms with Crippen molar-refractivity contribution < 1.29 is 9.90 Å². The summed E-state index contributed by atoms with van der Waals surface area (Å²) in [6.45, 7) is 1.59. The normalized spacial score (nSPS) is 15.1. The second-order valence-corrected chi connectivity index (χ2v) is 4.41. The summed E-state index contributed by atoms with van der Waals surface area (Å²) in [5, 5.41) is 23.6. The van der Waals surface area contributed by atoms with Crippen LogP contribution in [0.2, 0.25) is 0 Å². The van der Waals surface area contributed by atoms with Gasteiger partial charge in [0.25, 0.3) is 5.91 Å². The quantitative estimate of drug-likeness (QED) is 0.762. The maximum Gasteiger partial charge on any atom is 0.272 e. The SMILES string of the molecule is O=C(c1ccn[nH]1)N1CCCn2nnc(CO)c2C1. The van der Waals surface area contributed by atoms with Gasteiger partial charge in [-0.05, 0) is 12.5 Å². The highest BCUT2D eigenvalue weighted by molar-refractivity contribution is 5.92. The van der Waals surface area contributed by atoms with Gasteiger partial charge in [0.2, 0.25) is 0 Å². The summed E-state index contributed by atoms with van der Waals surface area (Å²) in [5.74, 6) is -0.101. The van der Waals surface area contributed by atoms with Gasteiger partial charge >= 0.3 is 0 Å². The monoisotopic (exact) mass is 262 g/mol. The number of aromatic nitrogens is 5. The minimum absolute atomic E-state index is 0.101. The van der Waals surface area contributed by atoms with E-state index >= 15 is 0 Å². The average molecular weight is 262 g/mol. The van der Waals surface area contributed by atoms with Crippen molar-refractivity contribution in [1.29, 1.82) is 0 Å². The van der Waals surface area contributed by atoms with Crippen molar-refractivity contribution in [3.63, 3.8) is 0 Å². The van der Waals surface area contributed by atoms with Gasteiger partial charge in [0.15, 0.2) is 0 Å². The molecule has 3 rings (SSSR count). The minimum Gasteiger partial charge on any atom is -0.390 e. The summed E-state index contributed by atoms with van der Waals surface area (Å²) in [4.78, 5) is 14.0. The first-order valence-corrected chi connectivity index (χ1v) is 6.10. The summed E-state index contributed by atoms with van der Waals surface area (Å²) in [7, 11) is 0. The van der Waals surface area contributed by atoms with Gasteiger partial charge in [-0.3, -0.25) is 9.89 Å². The Balaban J connectivity index is 1.87. The predicted octanol–water partition coefficient (Wildman–Crippen LogP) is -0.460. The molecule has 0 radical (unpaired) electrons. The van der Waals surface area contributed by atoms with E-state index in [4.69, 9.17) is 0 Å². The summed E-state index contributed by atoms with van der Waals surface area (Å²) in [5.41, 5.74) is 1.80. The van der Waals surface area contributed by atoms with Crippen molar-refractivity contribution in [2.24, 2.45) is 0 Å². The van der Waals surface area contributed by atoms with E-state index in [9.17, 15) is 9.90 Å². The van der Waals surface area contributed by atoms with E-state index in [1.165, 1.54) is 0 Å². The van der Waals surface area contributed by atoms with Crippen molar-refractivity contribution in [2.75, 3.05) is 6.54 Å². The molecule has 0 spiro atoms. The zero-order valence-corrected chi connectivity index (χ0v) is 10.3. The number of hydrogen-bond acceptors (Lipinski definition) is 5. The molecule has 1 amide bonds. The van der Waals surface area contributed by atoms with Crippen molar-refractivity contribution in [2.45, 2.75) is 26.1 Å². The van der Waals surface area contributed by atoms with Crippen LogP contribution in [0.5, 0.6) is 0 Å². The Hall–Kier alpha value is -2.22. The molecule has 8 heteroatoms. The molecule has 8 nitrogen and oxygen atoms in total. The Labute approximate surface area is 109 Å². The second kappa shape index (κ2) is 4.81. The van der Waals surface area contributed by atoms with Gasteiger partial charge in [-0.15, -0.1) is 5.10 Å². The smallest absolute Gasteiger partial charge is 0.272 e. The Kier molecular flexibility index (Phi) is 3.00. The number of aromatic amines is 1. The van der Waals surface area contributed by atoms with Crippen LogP contribution in [-0.2, 0) is 19.7 Å². The molecule has 0 bridgehead atoms. The van der Waals surface area contributed by atoms with E-state index in [1.54, 1.807) is 21.8 Å². The fourth-order valence-electron chi connectivity index (χ4n) is 2.23. The number of fused-ring (bicyclic) bond motifs is 1. The lowest BCUT2D eigenvalue weighted by Crippen LogP contribution is -2.31. The number of nitrogens with one attached hydrogen (secondary N) is 1. The van der Waals surface area contributed by atoms with Gasteiger partial charge < -0.3 is 10.0 Å². The van der Waals surface area contributed by atoms with Gasteiger partial charge in [-0.2, -0.15) is 5.10 Å². The molecule has 0 unspecified atom stereocenters. The zero-order valence-electron chi connectivity index (χ0n) is 10.3. The van der Waals surface area contributed by atoms with Crippen LogP contribution in [0, 0.1) is 0 Å². The molecule has 1 aliphatic rings. The molecular formula is C11H14N6O2. The van der Waals surface area contributed by atoms with Crippen molar-refractivity contribution in [3.05, 3.63) is 29.3 Å². The van der Waals surface area contributed by atoms with E-state index in [2.05, 4.69) is 20.5 Å². The molecule has 0 aliphatic carbocycles. The van der Waals surface area contributed by atoms with Crippen LogP contribution in [0.15, 0.2) is 12.3 Å². The summed E-state index contributed by atoms with van der Waals surface area (Å²) in [6, 6.07) is 1.65. The number of nitrogens with zero attached hydrogens (tertiary/aromatic N) is 5. The van der Waals surface area contributed by atoms with Crippen LogP contribution in [0.25, 0.3) is 0 Å². The van der Waals surface area contributed by atoms with Gasteiger partial charge in [0, 0.05) is 19.3 Å². The summed E-state index contributed by atoms with van der Waals surface area (Å²) in [6.07, 6.45) is 2.36. The van der Waals surface area contributed by atoms with E-state index in [1.807, 2.05) is 0 Å². The Bertz CT molecular complexity index is 576. The zero-order chi connectivity index (χ0) is 13.2. The third kappa shape index (κ3) is 2.10. The fraction of sp³-hybridized carbons (Fsp3) is 0.455. The Morgan fingerprint density at radius 2 is 2.37 bits per heavy atom. The molecule has 0 fully saturated rings. The topological polar surface area (TPSA) is 99.9 Å². The number of carbonyl (C=O) groups excluding carboxylic acids is 1. The first-order valence-electron chi connectivity index (χ1n) is 6.10. The lowest BCUT2D eigenvalue weighted by Gasteiger charge is -2.19. The maximum absolute atomic E-state index is 12.3. The second-order valence-electron chi connectivity index (χ2n) is 4.41. The van der Waals surface area contributed by atoms with Crippen molar-refractivity contribution >= 4 is 5.91 Å². The van der Waals surface area contributed by atoms with Gasteiger partial charge in [-0.1, -0.05) is 5.21 Å². The Morgan fingerprint density at radius 1 is 1.47 bits per heavy atom. The highest BCUT2D eigenvalue weighted by Crippen LogP contribution is 2.16. The number of aliphatic hydroxyl groups is 1. The van der Waals surface area contributed by atoms with Gasteiger partial charge in [0.05, 0.1) is 18.8 Å². The highest BCUT2D eigenvalue weighted by atomic mass is 16.3. The van der Waals surface area contributed by atoms with Crippen LogP contribution in [0.4, 0.5) is 0 Å². The number of H-pyrrole nitrogens is 1. The van der Waals surface area contributed by atoms with Crippen LogP contribution in [0.1, 0.15) is 28.3 Å². The van der Waals surface area contributed by atoms with Crippen molar-refractivity contribution in [1.82, 2.24) is 30.1 Å². The molecular weight excluding hydrogens is 248 g/mol. The van der Waals surface area contributed by atoms with Crippen LogP contribution < -0.4 is 0 Å². The third-order valence-electron chi connectivity index (χ3n) is 3.22. The fourth-order valence-corrected chi connectivity index (χ4v) is 2.23. The molecule has 100 valence electrons. The molecule has 19 heavy (non-hydrogen) atoms. The lowest BCUT2D eigenvalue weighted by atomic mass is 10.3. The molecule has 1 aliphatic heterocycles. The first-order chi connectivity index (χ1) is 9.29. The number of aliphatic hydroxyl groups excluding tert-OH is 1. The number of rotatable bonds is 2. The number of amides is 1. The summed E-state index contributed by atoms with van der Waals surface area (Å²) >= 11 is 0. The summed E-state index contributed by atoms with van der Waals surface area (Å²) < 4.78 is 1.76. The van der Waals surface area contributed by atoms with E-state index in [-0.39, 0.29) is 12.5 Å². The standard InChI is InChI=1S/C11H14N6O2/c18-7-9-10-6-16(4-1-5-17(10)15-14-9)11(19)8-2-3-12-13-8/h2-3,18H,1,4-7H2,(H,12,13). The molecule has 0 aromatic carbocycles. The Morgan fingerprint density at radius 3 is 3.11 bits per heavy atom. The predicted molar refractivity (Wildman–Crippen MR) is 63.9 cm³/mol.